The SMILES string of the molecule is CNC(=O)C1=NNC(=O)C1. The first-order chi connectivity index (χ1) is 4.74. The lowest BCUT2D eigenvalue weighted by Gasteiger charge is -1.92. The number of carbonyl (C=O) groups is 2. The zero-order valence-corrected chi connectivity index (χ0v) is 5.47. The maximum Gasteiger partial charge on any atom is 0.267 e. The summed E-state index contributed by atoms with van der Waals surface area (Å²) in [5.74, 6) is -0.544. The van der Waals surface area contributed by atoms with Crippen LogP contribution in [-0.2, 0) is 9.59 Å². The Labute approximate surface area is 57.5 Å². The predicted octanol–water partition coefficient (Wildman–Crippen LogP) is -1.39. The fraction of sp³-hybridized carbons (Fsp3) is 0.400. The second-order valence-corrected chi connectivity index (χ2v) is 1.85. The molecule has 0 atom stereocenters. The number of nitrogens with one attached hydrogen (secondary N) is 2. The lowest BCUT2D eigenvalue weighted by atomic mass is 10.2. The van der Waals surface area contributed by atoms with Gasteiger partial charge in [-0.05, 0) is 0 Å². The zero-order chi connectivity index (χ0) is 7.56. The Morgan fingerprint density at radius 3 is 2.90 bits per heavy atom. The summed E-state index contributed by atoms with van der Waals surface area (Å²) >= 11 is 0. The molecule has 0 bridgehead atoms. The van der Waals surface area contributed by atoms with Crippen molar-refractivity contribution in [3.63, 3.8) is 0 Å². The summed E-state index contributed by atoms with van der Waals surface area (Å²) in [4.78, 5) is 21.2. The predicted molar refractivity (Wildman–Crippen MR) is 34.3 cm³/mol. The Bertz CT molecular complexity index is 209. The maximum absolute atomic E-state index is 10.7. The van der Waals surface area contributed by atoms with Crippen LogP contribution in [0.2, 0.25) is 0 Å². The van der Waals surface area contributed by atoms with Crippen molar-refractivity contribution in [1.82, 2.24) is 10.7 Å². The molecule has 10 heavy (non-hydrogen) atoms. The molecule has 0 fully saturated rings. The van der Waals surface area contributed by atoms with E-state index in [9.17, 15) is 9.59 Å². The Morgan fingerprint density at radius 1 is 1.80 bits per heavy atom. The molecule has 0 aromatic rings. The van der Waals surface area contributed by atoms with Crippen molar-refractivity contribution in [3.05, 3.63) is 0 Å². The molecule has 0 radical (unpaired) electrons. The van der Waals surface area contributed by atoms with E-state index in [4.69, 9.17) is 0 Å². The summed E-state index contributed by atoms with van der Waals surface area (Å²) in [6, 6.07) is 0. The van der Waals surface area contributed by atoms with Crippen molar-refractivity contribution < 1.29 is 9.59 Å². The van der Waals surface area contributed by atoms with Crippen molar-refractivity contribution in [1.29, 1.82) is 0 Å². The largest absolute Gasteiger partial charge is 0.354 e. The van der Waals surface area contributed by atoms with Crippen LogP contribution in [-0.4, -0.2) is 24.6 Å². The molecule has 1 aliphatic heterocycles. The molecular formula is C5H7N3O2. The Hall–Kier alpha value is -1.39. The molecule has 0 unspecified atom stereocenters. The first-order valence-corrected chi connectivity index (χ1v) is 2.81. The minimum atomic E-state index is -0.307. The highest BCUT2D eigenvalue weighted by atomic mass is 16.2. The molecule has 2 amide bonds. The molecule has 1 rings (SSSR count). The molecule has 0 saturated heterocycles. The molecule has 54 valence electrons. The van der Waals surface area contributed by atoms with Crippen molar-refractivity contribution >= 4 is 17.5 Å². The van der Waals surface area contributed by atoms with E-state index in [0.717, 1.165) is 0 Å². The first kappa shape index (κ1) is 6.73. The van der Waals surface area contributed by atoms with E-state index in [1.165, 1.54) is 7.05 Å². The van der Waals surface area contributed by atoms with Gasteiger partial charge < -0.3 is 5.32 Å². The minimum Gasteiger partial charge on any atom is -0.354 e. The van der Waals surface area contributed by atoms with Gasteiger partial charge in [0.25, 0.3) is 5.91 Å². The average Bonchev–Trinajstić information content (AvgIpc) is 2.34. The van der Waals surface area contributed by atoms with E-state index in [1.807, 2.05) is 0 Å². The van der Waals surface area contributed by atoms with E-state index in [0.29, 0.717) is 0 Å². The summed E-state index contributed by atoms with van der Waals surface area (Å²) in [6.07, 6.45) is 0.0830. The molecule has 2 N–H and O–H groups in total. The third-order valence-corrected chi connectivity index (χ3v) is 1.13. The van der Waals surface area contributed by atoms with Crippen molar-refractivity contribution in [2.45, 2.75) is 6.42 Å². The van der Waals surface area contributed by atoms with Crippen LogP contribution in [0.3, 0.4) is 0 Å². The maximum atomic E-state index is 10.7. The van der Waals surface area contributed by atoms with Crippen LogP contribution in [0.4, 0.5) is 0 Å². The topological polar surface area (TPSA) is 70.6 Å². The minimum absolute atomic E-state index is 0.0830. The van der Waals surface area contributed by atoms with Crippen molar-refractivity contribution in [2.75, 3.05) is 7.05 Å². The van der Waals surface area contributed by atoms with Gasteiger partial charge in [0.2, 0.25) is 5.91 Å². The summed E-state index contributed by atoms with van der Waals surface area (Å²) in [6.45, 7) is 0. The standard InChI is InChI=1S/C5H7N3O2/c1-6-5(10)3-2-4(9)8-7-3/h2H2,1H3,(H,6,10)(H,8,9). The van der Waals surface area contributed by atoms with Gasteiger partial charge in [0.05, 0.1) is 6.42 Å². The lowest BCUT2D eigenvalue weighted by Crippen LogP contribution is -2.26. The number of nitrogens with zero attached hydrogens (tertiary/aromatic N) is 1. The van der Waals surface area contributed by atoms with E-state index in [2.05, 4.69) is 15.8 Å². The van der Waals surface area contributed by atoms with Gasteiger partial charge in [0, 0.05) is 7.05 Å². The molecule has 0 spiro atoms. The van der Waals surface area contributed by atoms with Gasteiger partial charge in [-0.3, -0.25) is 9.59 Å². The first-order valence-electron chi connectivity index (χ1n) is 2.81. The van der Waals surface area contributed by atoms with Crippen LogP contribution in [0.5, 0.6) is 0 Å². The van der Waals surface area contributed by atoms with E-state index in [-0.39, 0.29) is 23.9 Å². The molecule has 1 heterocycles. The van der Waals surface area contributed by atoms with E-state index < -0.39 is 0 Å². The Balaban J connectivity index is 2.59. The number of hydrogen-bond acceptors (Lipinski definition) is 3. The van der Waals surface area contributed by atoms with Gasteiger partial charge in [0.15, 0.2) is 0 Å². The van der Waals surface area contributed by atoms with Crippen LogP contribution < -0.4 is 10.7 Å². The molecule has 0 saturated carbocycles. The summed E-state index contributed by atoms with van der Waals surface area (Å²) in [7, 11) is 1.49. The van der Waals surface area contributed by atoms with E-state index >= 15 is 0 Å². The number of hydrazone groups is 1. The summed E-state index contributed by atoms with van der Waals surface area (Å²) in [5.41, 5.74) is 2.42. The molecule has 0 aromatic carbocycles. The number of carbonyl (C=O) groups excluding carboxylic acids is 2. The number of amides is 2. The molecule has 0 aromatic heterocycles. The zero-order valence-electron chi connectivity index (χ0n) is 5.47. The van der Waals surface area contributed by atoms with Gasteiger partial charge in [-0.25, -0.2) is 5.43 Å². The smallest absolute Gasteiger partial charge is 0.267 e. The van der Waals surface area contributed by atoms with Gasteiger partial charge in [-0.15, -0.1) is 0 Å². The van der Waals surface area contributed by atoms with Gasteiger partial charge >= 0.3 is 0 Å². The Morgan fingerprint density at radius 2 is 2.50 bits per heavy atom. The molecule has 5 heteroatoms. The number of rotatable bonds is 1. The fourth-order valence-electron chi connectivity index (χ4n) is 0.636. The third-order valence-electron chi connectivity index (χ3n) is 1.13. The third kappa shape index (κ3) is 1.12. The van der Waals surface area contributed by atoms with Crippen LogP contribution in [0.15, 0.2) is 5.10 Å². The highest BCUT2D eigenvalue weighted by Gasteiger charge is 2.19. The van der Waals surface area contributed by atoms with Gasteiger partial charge in [0.1, 0.15) is 5.71 Å². The quantitative estimate of drug-likeness (QED) is 0.472. The molecular weight excluding hydrogens is 134 g/mol. The van der Waals surface area contributed by atoms with Crippen LogP contribution in [0.1, 0.15) is 6.42 Å². The van der Waals surface area contributed by atoms with Crippen molar-refractivity contribution in [2.24, 2.45) is 5.10 Å². The molecule has 0 aliphatic carbocycles. The molecule has 5 nitrogen and oxygen atoms in total. The van der Waals surface area contributed by atoms with Crippen LogP contribution >= 0.6 is 0 Å². The van der Waals surface area contributed by atoms with Crippen LogP contribution in [0.25, 0.3) is 0 Å². The normalized spacial score (nSPS) is 16.1. The Kier molecular flexibility index (Phi) is 1.66. The van der Waals surface area contributed by atoms with Gasteiger partial charge in [-0.2, -0.15) is 5.10 Å². The van der Waals surface area contributed by atoms with Crippen LogP contribution in [0, 0.1) is 0 Å². The fourth-order valence-corrected chi connectivity index (χ4v) is 0.636. The lowest BCUT2D eigenvalue weighted by molar-refractivity contribution is -0.120. The average molecular weight is 141 g/mol. The number of hydrogen-bond donors (Lipinski definition) is 2. The van der Waals surface area contributed by atoms with E-state index in [1.54, 1.807) is 0 Å². The highest BCUT2D eigenvalue weighted by molar-refractivity contribution is 6.43. The summed E-state index contributed by atoms with van der Waals surface area (Å²) in [5, 5.41) is 5.86. The van der Waals surface area contributed by atoms with Crippen molar-refractivity contribution in [3.8, 4) is 0 Å². The second kappa shape index (κ2) is 2.47. The highest BCUT2D eigenvalue weighted by Crippen LogP contribution is 1.93. The summed E-state index contributed by atoms with van der Waals surface area (Å²) < 4.78 is 0. The van der Waals surface area contributed by atoms with Gasteiger partial charge in [-0.1, -0.05) is 0 Å². The molecule has 1 aliphatic rings. The monoisotopic (exact) mass is 141 g/mol. The second-order valence-electron chi connectivity index (χ2n) is 1.85.